The second-order valence-electron chi connectivity index (χ2n) is 4.78. The molecule has 0 N–H and O–H groups in total. The van der Waals surface area contributed by atoms with E-state index in [0.717, 1.165) is 6.42 Å². The van der Waals surface area contributed by atoms with E-state index in [2.05, 4.69) is 13.8 Å². The van der Waals surface area contributed by atoms with Crippen LogP contribution in [0.5, 0.6) is 0 Å². The molecule has 1 unspecified atom stereocenters. The van der Waals surface area contributed by atoms with Gasteiger partial charge >= 0.3 is 0 Å². The van der Waals surface area contributed by atoms with E-state index in [1.54, 1.807) is 11.8 Å². The fraction of sp³-hybridized carbons (Fsp3) is 0.938. The molecule has 0 amide bonds. The summed E-state index contributed by atoms with van der Waals surface area (Å²) < 4.78 is 0. The maximum absolute atomic E-state index is 11.4. The van der Waals surface area contributed by atoms with Gasteiger partial charge in [-0.2, -0.15) is 0 Å². The van der Waals surface area contributed by atoms with Crippen molar-refractivity contribution in [1.82, 2.24) is 0 Å². The number of thioether (sulfide) groups is 1. The van der Waals surface area contributed by atoms with Crippen LogP contribution >= 0.6 is 11.8 Å². The molecule has 0 fully saturated rings. The molecule has 0 spiro atoms. The number of hydrogen-bond acceptors (Lipinski definition) is 2. The molecule has 18 heavy (non-hydrogen) atoms. The average Bonchev–Trinajstić information content (AvgIpc) is 2.35. The molecule has 2 heteroatoms. The van der Waals surface area contributed by atoms with Crippen molar-refractivity contribution in [2.45, 2.75) is 97.7 Å². The van der Waals surface area contributed by atoms with Gasteiger partial charge < -0.3 is 0 Å². The van der Waals surface area contributed by atoms with E-state index < -0.39 is 0 Å². The maximum Gasteiger partial charge on any atom is 0.188 e. The summed E-state index contributed by atoms with van der Waals surface area (Å²) in [7, 11) is 0. The Morgan fingerprint density at radius 1 is 0.944 bits per heavy atom. The SMILES string of the molecule is C.CCCCCCCCCC(CC)SC(=O)CC. The van der Waals surface area contributed by atoms with Crippen LogP contribution < -0.4 is 0 Å². The Morgan fingerprint density at radius 3 is 2.00 bits per heavy atom. The topological polar surface area (TPSA) is 17.1 Å². The minimum absolute atomic E-state index is 0. The van der Waals surface area contributed by atoms with Gasteiger partial charge in [-0.05, 0) is 12.8 Å². The van der Waals surface area contributed by atoms with E-state index in [-0.39, 0.29) is 7.43 Å². The lowest BCUT2D eigenvalue weighted by molar-refractivity contribution is -0.110. The second kappa shape index (κ2) is 15.1. The van der Waals surface area contributed by atoms with Gasteiger partial charge in [0.25, 0.3) is 0 Å². The molecule has 0 bridgehead atoms. The van der Waals surface area contributed by atoms with Crippen LogP contribution in [-0.2, 0) is 4.79 Å². The van der Waals surface area contributed by atoms with Gasteiger partial charge in [-0.3, -0.25) is 4.79 Å². The summed E-state index contributed by atoms with van der Waals surface area (Å²) in [5.74, 6) is 0. The molecule has 0 saturated heterocycles. The minimum atomic E-state index is 0. The Balaban J connectivity index is 0. The van der Waals surface area contributed by atoms with Crippen LogP contribution in [-0.4, -0.2) is 10.4 Å². The van der Waals surface area contributed by atoms with Crippen LogP contribution in [0.3, 0.4) is 0 Å². The van der Waals surface area contributed by atoms with Crippen molar-refractivity contribution in [1.29, 1.82) is 0 Å². The molecule has 110 valence electrons. The van der Waals surface area contributed by atoms with Crippen LogP contribution in [0.2, 0.25) is 0 Å². The van der Waals surface area contributed by atoms with Crippen LogP contribution in [0.1, 0.15) is 92.4 Å². The largest absolute Gasteiger partial charge is 0.287 e. The predicted octanol–water partition coefficient (Wildman–Crippen LogP) is 6.21. The number of carbonyl (C=O) groups excluding carboxylic acids is 1. The van der Waals surface area contributed by atoms with E-state index in [4.69, 9.17) is 0 Å². The number of hydrogen-bond donors (Lipinski definition) is 0. The van der Waals surface area contributed by atoms with Gasteiger partial charge in [-0.1, -0.05) is 84.9 Å². The molecule has 0 aliphatic rings. The quantitative estimate of drug-likeness (QED) is 0.416. The van der Waals surface area contributed by atoms with Gasteiger partial charge in [0, 0.05) is 11.7 Å². The van der Waals surface area contributed by atoms with Gasteiger partial charge in [0.05, 0.1) is 0 Å². The zero-order chi connectivity index (χ0) is 12.9. The Labute approximate surface area is 120 Å². The first-order chi connectivity index (χ1) is 8.24. The van der Waals surface area contributed by atoms with Gasteiger partial charge in [-0.15, -0.1) is 0 Å². The maximum atomic E-state index is 11.4. The van der Waals surface area contributed by atoms with Gasteiger partial charge in [-0.25, -0.2) is 0 Å². The Hall–Kier alpha value is 0.0200. The van der Waals surface area contributed by atoms with Crippen molar-refractivity contribution in [3.63, 3.8) is 0 Å². The number of rotatable bonds is 11. The van der Waals surface area contributed by atoms with Gasteiger partial charge in [0.15, 0.2) is 5.12 Å². The van der Waals surface area contributed by atoms with E-state index in [9.17, 15) is 4.79 Å². The van der Waals surface area contributed by atoms with Gasteiger partial charge in [0.2, 0.25) is 0 Å². The number of carbonyl (C=O) groups is 1. The van der Waals surface area contributed by atoms with Crippen molar-refractivity contribution in [3.05, 3.63) is 0 Å². The molecular weight excluding hydrogens is 240 g/mol. The lowest BCUT2D eigenvalue weighted by atomic mass is 10.1. The highest BCUT2D eigenvalue weighted by Crippen LogP contribution is 2.23. The molecule has 0 saturated carbocycles. The summed E-state index contributed by atoms with van der Waals surface area (Å²) in [5.41, 5.74) is 0. The second-order valence-corrected chi connectivity index (χ2v) is 6.14. The van der Waals surface area contributed by atoms with Crippen LogP contribution in [0.25, 0.3) is 0 Å². The fourth-order valence-corrected chi connectivity index (χ4v) is 2.93. The third-order valence-corrected chi connectivity index (χ3v) is 4.63. The standard InChI is InChI=1S/C15H30OS.CH4/c1-4-7-8-9-10-11-12-13-14(5-2)17-15(16)6-3;/h14H,4-13H2,1-3H3;1H4. The van der Waals surface area contributed by atoms with E-state index >= 15 is 0 Å². The first kappa shape index (κ1) is 20.3. The van der Waals surface area contributed by atoms with Gasteiger partial charge in [0.1, 0.15) is 0 Å². The average molecular weight is 275 g/mol. The highest BCUT2D eigenvalue weighted by atomic mass is 32.2. The Kier molecular flexibility index (Phi) is 17.0. The summed E-state index contributed by atoms with van der Waals surface area (Å²) in [5, 5.41) is 0.929. The fourth-order valence-electron chi connectivity index (χ4n) is 1.94. The third kappa shape index (κ3) is 12.5. The molecule has 0 aliphatic heterocycles. The molecule has 0 aromatic heterocycles. The summed E-state index contributed by atoms with van der Waals surface area (Å²) in [6.45, 7) is 6.41. The monoisotopic (exact) mass is 274 g/mol. The lowest BCUT2D eigenvalue weighted by Crippen LogP contribution is -2.05. The van der Waals surface area contributed by atoms with Crippen molar-refractivity contribution in [3.8, 4) is 0 Å². The first-order valence-electron chi connectivity index (χ1n) is 7.44. The van der Waals surface area contributed by atoms with E-state index in [1.807, 2.05) is 6.92 Å². The highest BCUT2D eigenvalue weighted by Gasteiger charge is 2.10. The molecule has 0 aromatic carbocycles. The van der Waals surface area contributed by atoms with Crippen molar-refractivity contribution >= 4 is 16.9 Å². The van der Waals surface area contributed by atoms with Crippen molar-refractivity contribution in [2.24, 2.45) is 0 Å². The zero-order valence-electron chi connectivity index (χ0n) is 12.0. The highest BCUT2D eigenvalue weighted by molar-refractivity contribution is 8.14. The molecule has 0 radical (unpaired) electrons. The van der Waals surface area contributed by atoms with Crippen molar-refractivity contribution in [2.75, 3.05) is 0 Å². The minimum Gasteiger partial charge on any atom is -0.287 e. The van der Waals surface area contributed by atoms with Crippen LogP contribution in [0.15, 0.2) is 0 Å². The normalized spacial score (nSPS) is 11.9. The number of unbranched alkanes of at least 4 members (excludes halogenated alkanes) is 6. The third-order valence-electron chi connectivity index (χ3n) is 3.17. The Morgan fingerprint density at radius 2 is 1.50 bits per heavy atom. The molecule has 0 aliphatic carbocycles. The van der Waals surface area contributed by atoms with Crippen LogP contribution in [0, 0.1) is 0 Å². The predicted molar refractivity (Wildman–Crippen MR) is 86.3 cm³/mol. The molecule has 0 rings (SSSR count). The smallest absolute Gasteiger partial charge is 0.188 e. The van der Waals surface area contributed by atoms with E-state index in [0.29, 0.717) is 16.8 Å². The molecule has 0 aromatic rings. The zero-order valence-corrected chi connectivity index (χ0v) is 12.8. The summed E-state index contributed by atoms with van der Waals surface area (Å²) in [6.07, 6.45) is 12.6. The van der Waals surface area contributed by atoms with E-state index in [1.165, 1.54) is 51.4 Å². The molecule has 1 atom stereocenters. The lowest BCUT2D eigenvalue weighted by Gasteiger charge is -2.12. The summed E-state index contributed by atoms with van der Waals surface area (Å²) in [4.78, 5) is 11.4. The molecule has 1 nitrogen and oxygen atoms in total. The summed E-state index contributed by atoms with van der Waals surface area (Å²) in [6, 6.07) is 0. The molecule has 0 heterocycles. The van der Waals surface area contributed by atoms with Crippen molar-refractivity contribution < 1.29 is 4.79 Å². The van der Waals surface area contributed by atoms with Crippen LogP contribution in [0.4, 0.5) is 0 Å². The first-order valence-corrected chi connectivity index (χ1v) is 8.31. The summed E-state index contributed by atoms with van der Waals surface area (Å²) >= 11 is 1.58. The molecular formula is C16H34OS. The Bertz CT molecular complexity index is 180.